The van der Waals surface area contributed by atoms with Gasteiger partial charge in [-0.3, -0.25) is 0 Å². The second-order valence-corrected chi connectivity index (χ2v) is 8.54. The zero-order valence-corrected chi connectivity index (χ0v) is 17.9. The van der Waals surface area contributed by atoms with E-state index in [2.05, 4.69) is 24.3 Å². The third-order valence-corrected chi connectivity index (χ3v) is 6.25. The molecule has 0 radical (unpaired) electrons. The molecule has 7 heteroatoms. The Morgan fingerprint density at radius 3 is 1.41 bits per heavy atom. The van der Waals surface area contributed by atoms with Crippen LogP contribution >= 0.6 is 0 Å². The van der Waals surface area contributed by atoms with Gasteiger partial charge in [0.05, 0.1) is 0 Å². The zero-order chi connectivity index (χ0) is 20.9. The van der Waals surface area contributed by atoms with Crippen molar-refractivity contribution in [3.8, 4) is 11.5 Å². The number of hydrogen-bond donors (Lipinski definition) is 2. The molecule has 0 spiro atoms. The van der Waals surface area contributed by atoms with Gasteiger partial charge in [0.25, 0.3) is 0 Å². The molecule has 0 unspecified atom stereocenters. The minimum atomic E-state index is -0.802. The molecule has 0 amide bonds. The summed E-state index contributed by atoms with van der Waals surface area (Å²) in [5.41, 5.74) is 2.53. The number of rotatable bonds is 14. The molecule has 0 saturated heterocycles. The molecule has 2 N–H and O–H groups in total. The predicted octanol–water partition coefficient (Wildman–Crippen LogP) is 3.58. The topological polar surface area (TPSA) is 93.1 Å². The van der Waals surface area contributed by atoms with Gasteiger partial charge in [0.15, 0.2) is 0 Å². The van der Waals surface area contributed by atoms with Crippen LogP contribution in [0.1, 0.15) is 36.8 Å². The molecule has 29 heavy (non-hydrogen) atoms. The fraction of sp³-hybridized carbons (Fsp3) is 0.364. The Balaban J connectivity index is 1.64. The van der Waals surface area contributed by atoms with Gasteiger partial charge in [-0.15, -0.1) is 0 Å². The molecule has 0 bridgehead atoms. The van der Waals surface area contributed by atoms with E-state index < -0.39 is 11.9 Å². The van der Waals surface area contributed by atoms with Crippen LogP contribution < -0.4 is 9.47 Å². The van der Waals surface area contributed by atoms with Gasteiger partial charge < -0.3 is 0 Å². The number of carboxylic acid groups (broad SMARTS) is 2. The average Bonchev–Trinajstić information content (AvgIpc) is 2.70. The van der Waals surface area contributed by atoms with Gasteiger partial charge in [-0.2, -0.15) is 0 Å². The van der Waals surface area contributed by atoms with Gasteiger partial charge in [-0.25, -0.2) is 0 Å². The summed E-state index contributed by atoms with van der Waals surface area (Å²) in [7, 11) is 0. The van der Waals surface area contributed by atoms with Crippen molar-refractivity contribution in [2.24, 2.45) is 0 Å². The Hall–Kier alpha value is -2.50. The van der Waals surface area contributed by atoms with Crippen molar-refractivity contribution in [1.82, 2.24) is 0 Å². The van der Waals surface area contributed by atoms with E-state index in [0.29, 0.717) is 41.0 Å². The Labute approximate surface area is 177 Å². The third-order valence-electron chi connectivity index (χ3n) is 3.99. The monoisotopic (exact) mass is 466 g/mol. The van der Waals surface area contributed by atoms with Crippen molar-refractivity contribution in [3.63, 3.8) is 0 Å². The van der Waals surface area contributed by atoms with Crippen molar-refractivity contribution in [2.75, 3.05) is 13.2 Å². The molecule has 0 heterocycles. The predicted molar refractivity (Wildman–Crippen MR) is 111 cm³/mol. The van der Waals surface area contributed by atoms with Crippen LogP contribution in [0.2, 0.25) is 0 Å². The first kappa shape index (κ1) is 22.8. The molecule has 0 aliphatic heterocycles. The summed E-state index contributed by atoms with van der Waals surface area (Å²) >= 11 is 0.438. The van der Waals surface area contributed by atoms with Gasteiger partial charge >= 0.3 is 177 Å². The molecule has 2 rings (SSSR count). The Bertz CT molecular complexity index is 692. The van der Waals surface area contributed by atoms with Crippen LogP contribution in [0.4, 0.5) is 0 Å². The third kappa shape index (κ3) is 10.0. The average molecular weight is 465 g/mol. The van der Waals surface area contributed by atoms with E-state index in [-0.39, 0.29) is 12.8 Å². The number of carbonyl (C=O) groups is 2. The molecular formula is C22H26O6Se. The van der Waals surface area contributed by atoms with Crippen LogP contribution in [-0.2, 0) is 20.2 Å². The number of ether oxygens (including phenoxy) is 2. The first-order chi connectivity index (χ1) is 14.0. The standard InChI is InChI=1S/C22H26O6Se/c23-21(24)3-1-13-27-19-9-5-17(6-10-19)15-29-16-18-7-11-20(12-8-18)28-14-2-4-22(25)26/h5-12H,1-4,13-16H2,(H,23,24)(H,25,26). The number of benzene rings is 2. The van der Waals surface area contributed by atoms with Gasteiger partial charge in [0.2, 0.25) is 0 Å². The number of hydrogen-bond acceptors (Lipinski definition) is 4. The molecule has 0 fully saturated rings. The summed E-state index contributed by atoms with van der Waals surface area (Å²) in [6.45, 7) is 0.823. The molecule has 2 aromatic rings. The van der Waals surface area contributed by atoms with Gasteiger partial charge in [-0.05, 0) is 0 Å². The summed E-state index contributed by atoms with van der Waals surface area (Å²) in [5.74, 6) is -0.0654. The maximum absolute atomic E-state index is 10.5. The van der Waals surface area contributed by atoms with E-state index in [9.17, 15) is 9.59 Å². The number of aliphatic carboxylic acids is 2. The van der Waals surface area contributed by atoms with Crippen molar-refractivity contribution < 1.29 is 29.3 Å². The summed E-state index contributed by atoms with van der Waals surface area (Å²) in [4.78, 5) is 20.9. The van der Waals surface area contributed by atoms with Crippen molar-refractivity contribution >= 4 is 26.9 Å². The summed E-state index contributed by atoms with van der Waals surface area (Å²) < 4.78 is 11.1. The normalized spacial score (nSPS) is 10.5. The van der Waals surface area contributed by atoms with E-state index in [1.54, 1.807) is 0 Å². The summed E-state index contributed by atoms with van der Waals surface area (Å²) in [6, 6.07) is 16.0. The first-order valence-electron chi connectivity index (χ1n) is 9.48. The molecule has 156 valence electrons. The first-order valence-corrected chi connectivity index (χ1v) is 11.9. The van der Waals surface area contributed by atoms with Crippen LogP contribution in [0.5, 0.6) is 11.5 Å². The van der Waals surface area contributed by atoms with E-state index in [1.807, 2.05) is 24.3 Å². The van der Waals surface area contributed by atoms with Crippen LogP contribution in [0.3, 0.4) is 0 Å². The molecule has 6 nitrogen and oxygen atoms in total. The molecular weight excluding hydrogens is 439 g/mol. The number of carboxylic acids is 2. The van der Waals surface area contributed by atoms with Crippen LogP contribution in [-0.4, -0.2) is 50.3 Å². The second-order valence-electron chi connectivity index (χ2n) is 6.47. The van der Waals surface area contributed by atoms with E-state index in [1.165, 1.54) is 11.1 Å². The summed E-state index contributed by atoms with van der Waals surface area (Å²) in [5, 5.41) is 19.3. The Morgan fingerprint density at radius 1 is 0.690 bits per heavy atom. The quantitative estimate of drug-likeness (QED) is 0.327. The van der Waals surface area contributed by atoms with Crippen LogP contribution in [0, 0.1) is 0 Å². The maximum atomic E-state index is 10.5. The van der Waals surface area contributed by atoms with Crippen molar-refractivity contribution in [3.05, 3.63) is 59.7 Å². The van der Waals surface area contributed by atoms with Crippen LogP contribution in [0.25, 0.3) is 0 Å². The molecule has 0 aliphatic rings. The molecule has 2 aromatic carbocycles. The van der Waals surface area contributed by atoms with Gasteiger partial charge in [-0.1, -0.05) is 0 Å². The molecule has 0 aliphatic carbocycles. The fourth-order valence-electron chi connectivity index (χ4n) is 2.48. The van der Waals surface area contributed by atoms with Crippen molar-refractivity contribution in [1.29, 1.82) is 0 Å². The molecule has 0 saturated carbocycles. The van der Waals surface area contributed by atoms with Crippen molar-refractivity contribution in [2.45, 2.75) is 36.3 Å². The Kier molecular flexibility index (Phi) is 10.1. The van der Waals surface area contributed by atoms with Crippen LogP contribution in [0.15, 0.2) is 48.5 Å². The fourth-order valence-corrected chi connectivity index (χ4v) is 4.49. The Morgan fingerprint density at radius 2 is 1.07 bits per heavy atom. The summed E-state index contributed by atoms with van der Waals surface area (Å²) in [6.07, 6.45) is 1.26. The SMILES string of the molecule is O=C(O)CCCOc1ccc(C[Se]Cc2ccc(OCCCC(=O)O)cc2)cc1. The zero-order valence-electron chi connectivity index (χ0n) is 16.2. The minimum absolute atomic E-state index is 0.123. The second kappa shape index (κ2) is 12.9. The van der Waals surface area contributed by atoms with E-state index in [4.69, 9.17) is 19.7 Å². The molecule has 0 aromatic heterocycles. The molecule has 0 atom stereocenters. The van der Waals surface area contributed by atoms with Gasteiger partial charge in [0.1, 0.15) is 0 Å². The van der Waals surface area contributed by atoms with Gasteiger partial charge in [0, 0.05) is 0 Å². The van der Waals surface area contributed by atoms with E-state index in [0.717, 1.165) is 22.1 Å². The van der Waals surface area contributed by atoms with E-state index >= 15 is 0 Å².